The van der Waals surface area contributed by atoms with Gasteiger partial charge in [0.2, 0.25) is 5.91 Å². The van der Waals surface area contributed by atoms with Crippen molar-refractivity contribution in [2.24, 2.45) is 5.73 Å². The monoisotopic (exact) mass is 574 g/mol. The summed E-state index contributed by atoms with van der Waals surface area (Å²) < 4.78 is 0. The van der Waals surface area contributed by atoms with Crippen molar-refractivity contribution in [1.29, 1.82) is 0 Å². The summed E-state index contributed by atoms with van der Waals surface area (Å²) in [5, 5.41) is 4.75. The SMILES string of the molecule is NC(=O)c1cc(C(=O)NCCc2ccccc2)cc(NN(CCc2ccccc2)C(=O)c2ccc(Cl)cc2)c1Cl. The molecule has 0 fully saturated rings. The highest BCUT2D eigenvalue weighted by atomic mass is 35.5. The smallest absolute Gasteiger partial charge is 0.272 e. The van der Waals surface area contributed by atoms with E-state index in [9.17, 15) is 14.4 Å². The quantitative estimate of drug-likeness (QED) is 0.197. The van der Waals surface area contributed by atoms with Crippen LogP contribution in [0.2, 0.25) is 10.0 Å². The summed E-state index contributed by atoms with van der Waals surface area (Å²) in [7, 11) is 0. The van der Waals surface area contributed by atoms with Gasteiger partial charge in [-0.25, -0.2) is 0 Å². The Kier molecular flexibility index (Phi) is 9.78. The number of nitrogens with zero attached hydrogens (tertiary/aromatic N) is 1. The molecule has 0 aliphatic rings. The third kappa shape index (κ3) is 7.62. The molecule has 4 aromatic rings. The van der Waals surface area contributed by atoms with Gasteiger partial charge in [-0.1, -0.05) is 83.9 Å². The molecule has 4 N–H and O–H groups in total. The van der Waals surface area contributed by atoms with Crippen LogP contribution in [0.25, 0.3) is 0 Å². The normalized spacial score (nSPS) is 10.6. The van der Waals surface area contributed by atoms with Crippen molar-refractivity contribution in [3.63, 3.8) is 0 Å². The third-order valence-electron chi connectivity index (χ3n) is 6.20. The minimum atomic E-state index is -0.799. The van der Waals surface area contributed by atoms with Crippen LogP contribution >= 0.6 is 23.2 Å². The molecule has 0 unspecified atom stereocenters. The number of primary amides is 1. The molecule has 0 bridgehead atoms. The Hall–Kier alpha value is -4.33. The number of hydrogen-bond donors (Lipinski definition) is 3. The summed E-state index contributed by atoms with van der Waals surface area (Å²) in [6, 6.07) is 28.8. The fourth-order valence-electron chi connectivity index (χ4n) is 4.07. The van der Waals surface area contributed by atoms with Crippen LogP contribution in [0.1, 0.15) is 42.2 Å². The Balaban J connectivity index is 1.59. The fraction of sp³-hybridized carbons (Fsp3) is 0.129. The van der Waals surface area contributed by atoms with Gasteiger partial charge in [-0.15, -0.1) is 0 Å². The maximum atomic E-state index is 13.5. The zero-order valence-electron chi connectivity index (χ0n) is 21.6. The zero-order chi connectivity index (χ0) is 28.5. The number of amides is 3. The second-order valence-electron chi connectivity index (χ2n) is 9.05. The summed E-state index contributed by atoms with van der Waals surface area (Å²) in [5.74, 6) is -1.55. The molecule has 0 saturated carbocycles. The highest BCUT2D eigenvalue weighted by molar-refractivity contribution is 6.36. The molecular formula is C31H28Cl2N4O3. The number of nitrogens with one attached hydrogen (secondary N) is 2. The molecule has 3 amide bonds. The van der Waals surface area contributed by atoms with Gasteiger partial charge in [0.15, 0.2) is 0 Å². The topological polar surface area (TPSA) is 105 Å². The molecular weight excluding hydrogens is 547 g/mol. The molecule has 0 spiro atoms. The number of anilines is 1. The summed E-state index contributed by atoms with van der Waals surface area (Å²) in [4.78, 5) is 38.8. The van der Waals surface area contributed by atoms with Gasteiger partial charge in [0.25, 0.3) is 11.8 Å². The molecule has 204 valence electrons. The standard InChI is InChI=1S/C31H28Cl2N4O3/c32-25-13-11-23(12-14-25)31(40)37(18-16-22-9-5-2-6-10-22)36-27-20-24(19-26(28(27)33)29(34)38)30(39)35-17-15-21-7-3-1-4-8-21/h1-14,19-20,36H,15-18H2,(H2,34,38)(H,35,39). The molecule has 0 aliphatic carbocycles. The predicted molar refractivity (Wildman–Crippen MR) is 159 cm³/mol. The summed E-state index contributed by atoms with van der Waals surface area (Å²) in [6.07, 6.45) is 1.17. The van der Waals surface area contributed by atoms with Crippen LogP contribution in [0, 0.1) is 0 Å². The van der Waals surface area contributed by atoms with Crippen molar-refractivity contribution in [1.82, 2.24) is 10.3 Å². The average molecular weight is 575 g/mol. The first-order chi connectivity index (χ1) is 19.3. The Morgan fingerprint density at radius 2 is 1.35 bits per heavy atom. The van der Waals surface area contributed by atoms with Crippen LogP contribution in [0.15, 0.2) is 97.1 Å². The van der Waals surface area contributed by atoms with Gasteiger partial charge in [-0.3, -0.25) is 24.8 Å². The van der Waals surface area contributed by atoms with E-state index in [2.05, 4.69) is 10.7 Å². The Morgan fingerprint density at radius 3 is 1.95 bits per heavy atom. The van der Waals surface area contributed by atoms with Crippen molar-refractivity contribution in [2.75, 3.05) is 18.5 Å². The number of carbonyl (C=O) groups is 3. The van der Waals surface area contributed by atoms with Crippen molar-refractivity contribution >= 4 is 46.6 Å². The molecule has 7 nitrogen and oxygen atoms in total. The molecule has 0 aliphatic heterocycles. The van der Waals surface area contributed by atoms with Gasteiger partial charge in [0.1, 0.15) is 0 Å². The van der Waals surface area contributed by atoms with E-state index in [1.54, 1.807) is 24.3 Å². The Morgan fingerprint density at radius 1 is 0.750 bits per heavy atom. The maximum Gasteiger partial charge on any atom is 0.272 e. The van der Waals surface area contributed by atoms with Gasteiger partial charge in [0, 0.05) is 29.2 Å². The van der Waals surface area contributed by atoms with Crippen molar-refractivity contribution in [3.05, 3.63) is 135 Å². The van der Waals surface area contributed by atoms with Crippen LogP contribution < -0.4 is 16.5 Å². The number of halogens is 2. The van der Waals surface area contributed by atoms with Gasteiger partial charge in [-0.05, 0) is 60.4 Å². The van der Waals surface area contributed by atoms with E-state index >= 15 is 0 Å². The highest BCUT2D eigenvalue weighted by Gasteiger charge is 2.21. The van der Waals surface area contributed by atoms with Crippen LogP contribution in [-0.2, 0) is 12.8 Å². The minimum Gasteiger partial charge on any atom is -0.366 e. The number of carbonyl (C=O) groups excluding carboxylic acids is 3. The van der Waals surface area contributed by atoms with Crippen LogP contribution in [0.4, 0.5) is 5.69 Å². The molecule has 0 radical (unpaired) electrons. The lowest BCUT2D eigenvalue weighted by molar-refractivity contribution is 0.0794. The third-order valence-corrected chi connectivity index (χ3v) is 6.86. The van der Waals surface area contributed by atoms with E-state index in [-0.39, 0.29) is 34.3 Å². The number of nitrogens with two attached hydrogens (primary N) is 1. The Labute approximate surface area is 242 Å². The number of hydrogen-bond acceptors (Lipinski definition) is 4. The maximum absolute atomic E-state index is 13.5. The average Bonchev–Trinajstić information content (AvgIpc) is 2.97. The predicted octanol–water partition coefficient (Wildman–Crippen LogP) is 5.78. The van der Waals surface area contributed by atoms with E-state index in [1.807, 2.05) is 60.7 Å². The number of hydrazine groups is 1. The minimum absolute atomic E-state index is 0.00181. The second-order valence-corrected chi connectivity index (χ2v) is 9.87. The molecule has 9 heteroatoms. The van der Waals surface area contributed by atoms with Crippen molar-refractivity contribution in [3.8, 4) is 0 Å². The second kappa shape index (κ2) is 13.6. The molecule has 4 rings (SSSR count). The van der Waals surface area contributed by atoms with Crippen LogP contribution in [0.3, 0.4) is 0 Å². The molecule has 0 saturated heterocycles. The number of rotatable bonds is 11. The molecule has 40 heavy (non-hydrogen) atoms. The van der Waals surface area contributed by atoms with Gasteiger partial charge in [-0.2, -0.15) is 0 Å². The summed E-state index contributed by atoms with van der Waals surface area (Å²) >= 11 is 12.6. The number of benzene rings is 4. The molecule has 0 heterocycles. The van der Waals surface area contributed by atoms with E-state index in [4.69, 9.17) is 28.9 Å². The van der Waals surface area contributed by atoms with E-state index in [0.717, 1.165) is 11.1 Å². The molecule has 0 atom stereocenters. The van der Waals surface area contributed by atoms with E-state index in [1.165, 1.54) is 17.1 Å². The lowest BCUT2D eigenvalue weighted by atomic mass is 10.1. The first-order valence-electron chi connectivity index (χ1n) is 12.7. The van der Waals surface area contributed by atoms with Gasteiger partial charge in [0.05, 0.1) is 16.3 Å². The van der Waals surface area contributed by atoms with Crippen LogP contribution in [0.5, 0.6) is 0 Å². The van der Waals surface area contributed by atoms with Gasteiger partial charge < -0.3 is 11.1 Å². The van der Waals surface area contributed by atoms with Crippen LogP contribution in [-0.4, -0.2) is 35.8 Å². The zero-order valence-corrected chi connectivity index (χ0v) is 23.1. The van der Waals surface area contributed by atoms with E-state index < -0.39 is 11.8 Å². The summed E-state index contributed by atoms with van der Waals surface area (Å²) in [6.45, 7) is 0.652. The first kappa shape index (κ1) is 28.7. The van der Waals surface area contributed by atoms with Crippen molar-refractivity contribution in [2.45, 2.75) is 12.8 Å². The highest BCUT2D eigenvalue weighted by Crippen LogP contribution is 2.29. The van der Waals surface area contributed by atoms with Crippen molar-refractivity contribution < 1.29 is 14.4 Å². The first-order valence-corrected chi connectivity index (χ1v) is 13.4. The molecule has 4 aromatic carbocycles. The molecule has 0 aromatic heterocycles. The summed E-state index contributed by atoms with van der Waals surface area (Å²) in [5.41, 5.74) is 11.4. The Bertz CT molecular complexity index is 1480. The fourth-order valence-corrected chi connectivity index (χ4v) is 4.44. The largest absolute Gasteiger partial charge is 0.366 e. The van der Waals surface area contributed by atoms with E-state index in [0.29, 0.717) is 30.0 Å². The van der Waals surface area contributed by atoms with Gasteiger partial charge >= 0.3 is 0 Å². The lowest BCUT2D eigenvalue weighted by Crippen LogP contribution is -2.38. The lowest BCUT2D eigenvalue weighted by Gasteiger charge is -2.26.